The van der Waals surface area contributed by atoms with Crippen LogP contribution in [0.5, 0.6) is 0 Å². The van der Waals surface area contributed by atoms with Crippen LogP contribution >= 0.6 is 0 Å². The third kappa shape index (κ3) is 4.37. The van der Waals surface area contributed by atoms with Crippen molar-refractivity contribution >= 4 is 28.4 Å². The van der Waals surface area contributed by atoms with Crippen molar-refractivity contribution in [1.29, 1.82) is 0 Å². The van der Waals surface area contributed by atoms with Crippen LogP contribution in [0.1, 0.15) is 37.5 Å². The average Bonchev–Trinajstić information content (AvgIpc) is 2.99. The molecule has 1 heterocycles. The zero-order chi connectivity index (χ0) is 21.3. The summed E-state index contributed by atoms with van der Waals surface area (Å²) in [6, 6.07) is 12.3. The minimum Gasteiger partial charge on any atom is -0.507 e. The fourth-order valence-electron chi connectivity index (χ4n) is 3.17. The van der Waals surface area contributed by atoms with Crippen molar-refractivity contribution in [2.45, 2.75) is 32.7 Å². The van der Waals surface area contributed by atoms with Crippen LogP contribution in [0.3, 0.4) is 0 Å². The maximum atomic E-state index is 13.8. The Bertz CT molecular complexity index is 1120. The molecule has 3 rings (SSSR count). The largest absolute Gasteiger partial charge is 0.507 e. The van der Waals surface area contributed by atoms with Crippen LogP contribution in [0.15, 0.2) is 54.7 Å². The lowest BCUT2D eigenvalue weighted by Gasteiger charge is -2.19. The Hall–Kier alpha value is -3.41. The number of ketones is 1. The molecule has 0 bridgehead atoms. The van der Waals surface area contributed by atoms with Crippen LogP contribution in [0.25, 0.3) is 16.7 Å². The SMILES string of the molecule is CC(C)(C)c1ccc(Cn2cc(/C(O)=C/C(=O)C(=O)O)c3cc(F)ccc32)cc1. The first-order valence-corrected chi connectivity index (χ1v) is 9.12. The Morgan fingerprint density at radius 2 is 1.72 bits per heavy atom. The van der Waals surface area contributed by atoms with E-state index in [-0.39, 0.29) is 11.0 Å². The Morgan fingerprint density at radius 3 is 2.31 bits per heavy atom. The highest BCUT2D eigenvalue weighted by molar-refractivity contribution is 6.38. The highest BCUT2D eigenvalue weighted by atomic mass is 19.1. The molecule has 0 unspecified atom stereocenters. The Labute approximate surface area is 167 Å². The molecule has 0 saturated heterocycles. The Balaban J connectivity index is 2.03. The van der Waals surface area contributed by atoms with E-state index in [1.165, 1.54) is 17.7 Å². The van der Waals surface area contributed by atoms with Gasteiger partial charge in [-0.1, -0.05) is 45.0 Å². The van der Waals surface area contributed by atoms with Crippen molar-refractivity contribution in [2.75, 3.05) is 0 Å². The molecular weight excluding hydrogens is 373 g/mol. The summed E-state index contributed by atoms with van der Waals surface area (Å²) in [4.78, 5) is 22.2. The summed E-state index contributed by atoms with van der Waals surface area (Å²) < 4.78 is 15.6. The van der Waals surface area contributed by atoms with Gasteiger partial charge in [-0.05, 0) is 34.7 Å². The normalized spacial score (nSPS) is 12.3. The number of carbonyl (C=O) groups excluding carboxylic acids is 1. The van der Waals surface area contributed by atoms with Crippen LogP contribution in [0, 0.1) is 5.82 Å². The molecule has 0 spiro atoms. The first-order chi connectivity index (χ1) is 13.6. The van der Waals surface area contributed by atoms with Gasteiger partial charge in [0.15, 0.2) is 0 Å². The molecule has 3 aromatic rings. The number of fused-ring (bicyclic) bond motifs is 1. The van der Waals surface area contributed by atoms with Crippen LogP contribution in [-0.4, -0.2) is 26.5 Å². The molecule has 150 valence electrons. The number of aliphatic hydroxyl groups is 1. The molecular formula is C23H22FNO4. The Kier molecular flexibility index (Phi) is 5.29. The fourth-order valence-corrected chi connectivity index (χ4v) is 3.17. The van der Waals surface area contributed by atoms with E-state index in [2.05, 4.69) is 32.9 Å². The third-order valence-electron chi connectivity index (χ3n) is 4.77. The van der Waals surface area contributed by atoms with Crippen molar-refractivity contribution in [1.82, 2.24) is 4.57 Å². The number of benzene rings is 2. The molecule has 1 aromatic heterocycles. The summed E-state index contributed by atoms with van der Waals surface area (Å²) in [6.45, 7) is 6.87. The number of aliphatic carboxylic acids is 1. The van der Waals surface area contributed by atoms with Gasteiger partial charge in [-0.3, -0.25) is 4.79 Å². The highest BCUT2D eigenvalue weighted by Crippen LogP contribution is 2.28. The number of aromatic nitrogens is 1. The van der Waals surface area contributed by atoms with E-state index in [0.29, 0.717) is 23.5 Å². The molecule has 0 fully saturated rings. The van der Waals surface area contributed by atoms with Gasteiger partial charge in [0.1, 0.15) is 11.6 Å². The van der Waals surface area contributed by atoms with Crippen LogP contribution in [0.4, 0.5) is 4.39 Å². The van der Waals surface area contributed by atoms with E-state index in [9.17, 15) is 19.1 Å². The van der Waals surface area contributed by atoms with E-state index >= 15 is 0 Å². The smallest absolute Gasteiger partial charge is 0.376 e. The van der Waals surface area contributed by atoms with Crippen molar-refractivity contribution in [3.05, 3.63) is 77.2 Å². The number of hydrogen-bond acceptors (Lipinski definition) is 3. The van der Waals surface area contributed by atoms with Gasteiger partial charge in [0.05, 0.1) is 0 Å². The summed E-state index contributed by atoms with van der Waals surface area (Å²) in [5.41, 5.74) is 3.10. The van der Waals surface area contributed by atoms with Crippen LogP contribution < -0.4 is 0 Å². The topological polar surface area (TPSA) is 79.5 Å². The number of aliphatic hydroxyl groups excluding tert-OH is 1. The second-order valence-corrected chi connectivity index (χ2v) is 7.98. The lowest BCUT2D eigenvalue weighted by molar-refractivity contribution is -0.146. The molecule has 2 N–H and O–H groups in total. The predicted molar refractivity (Wildman–Crippen MR) is 109 cm³/mol. The quantitative estimate of drug-likeness (QED) is 0.373. The van der Waals surface area contributed by atoms with Gasteiger partial charge >= 0.3 is 5.97 Å². The van der Waals surface area contributed by atoms with E-state index in [1.807, 2.05) is 16.7 Å². The molecule has 0 aliphatic rings. The molecule has 0 aliphatic carbocycles. The number of carboxylic acid groups (broad SMARTS) is 1. The summed E-state index contributed by atoms with van der Waals surface area (Å²) in [5, 5.41) is 19.4. The molecule has 2 aromatic carbocycles. The van der Waals surface area contributed by atoms with E-state index in [1.54, 1.807) is 12.3 Å². The summed E-state index contributed by atoms with van der Waals surface area (Å²) in [7, 11) is 0. The lowest BCUT2D eigenvalue weighted by atomic mass is 9.87. The van der Waals surface area contributed by atoms with E-state index < -0.39 is 23.3 Å². The van der Waals surface area contributed by atoms with Crippen molar-refractivity contribution in [3.8, 4) is 0 Å². The van der Waals surface area contributed by atoms with Crippen molar-refractivity contribution in [2.24, 2.45) is 0 Å². The molecule has 5 nitrogen and oxygen atoms in total. The zero-order valence-electron chi connectivity index (χ0n) is 16.4. The fraction of sp³-hybridized carbons (Fsp3) is 0.217. The number of rotatable bonds is 5. The number of halogens is 1. The standard InChI is InChI=1S/C23H22FNO4/c1-23(2,3)15-6-4-14(5-7-15)12-25-13-18(20(26)11-21(27)22(28)29)17-10-16(24)8-9-19(17)25/h4-11,13,26H,12H2,1-3H3,(H,28,29)/b20-11-. The molecule has 29 heavy (non-hydrogen) atoms. The average molecular weight is 395 g/mol. The zero-order valence-corrected chi connectivity index (χ0v) is 16.4. The maximum absolute atomic E-state index is 13.8. The number of nitrogens with zero attached hydrogens (tertiary/aromatic N) is 1. The number of carbonyl (C=O) groups is 2. The van der Waals surface area contributed by atoms with Gasteiger partial charge in [0.2, 0.25) is 0 Å². The first-order valence-electron chi connectivity index (χ1n) is 9.12. The summed E-state index contributed by atoms with van der Waals surface area (Å²) >= 11 is 0. The molecule has 0 aliphatic heterocycles. The van der Waals surface area contributed by atoms with E-state index in [0.717, 1.165) is 5.56 Å². The minimum atomic E-state index is -1.68. The Morgan fingerprint density at radius 1 is 1.07 bits per heavy atom. The lowest BCUT2D eigenvalue weighted by Crippen LogP contribution is -2.11. The molecule has 0 saturated carbocycles. The van der Waals surface area contributed by atoms with Gasteiger partial charge in [-0.25, -0.2) is 9.18 Å². The van der Waals surface area contributed by atoms with E-state index in [4.69, 9.17) is 5.11 Å². The second-order valence-electron chi connectivity index (χ2n) is 7.98. The summed E-state index contributed by atoms with van der Waals surface area (Å²) in [6.07, 6.45) is 2.22. The van der Waals surface area contributed by atoms with Gasteiger partial charge in [-0.2, -0.15) is 0 Å². The predicted octanol–water partition coefficient (Wildman–Crippen LogP) is 4.68. The molecule has 0 amide bonds. The summed E-state index contributed by atoms with van der Waals surface area (Å²) in [5.74, 6) is -3.94. The minimum absolute atomic E-state index is 0.0383. The monoisotopic (exact) mass is 395 g/mol. The van der Waals surface area contributed by atoms with Crippen LogP contribution in [0.2, 0.25) is 0 Å². The van der Waals surface area contributed by atoms with Gasteiger partial charge in [0.25, 0.3) is 5.78 Å². The highest BCUT2D eigenvalue weighted by Gasteiger charge is 2.17. The first kappa shape index (κ1) is 20.3. The maximum Gasteiger partial charge on any atom is 0.376 e. The molecule has 0 atom stereocenters. The third-order valence-corrected chi connectivity index (χ3v) is 4.77. The van der Waals surface area contributed by atoms with Crippen molar-refractivity contribution < 1.29 is 24.2 Å². The number of hydrogen-bond donors (Lipinski definition) is 2. The van der Waals surface area contributed by atoms with Crippen LogP contribution in [-0.2, 0) is 21.5 Å². The molecule has 6 heteroatoms. The van der Waals surface area contributed by atoms with Crippen molar-refractivity contribution in [3.63, 3.8) is 0 Å². The van der Waals surface area contributed by atoms with Gasteiger partial charge in [0, 0.05) is 35.3 Å². The number of carboxylic acids is 1. The van der Waals surface area contributed by atoms with Gasteiger partial charge in [-0.15, -0.1) is 0 Å². The van der Waals surface area contributed by atoms with Gasteiger partial charge < -0.3 is 14.8 Å². The second kappa shape index (κ2) is 7.54. The molecule has 0 radical (unpaired) electrons.